The van der Waals surface area contributed by atoms with E-state index in [-0.39, 0.29) is 0 Å². The number of likely N-dealkylation sites (tertiary alicyclic amines) is 1. The van der Waals surface area contributed by atoms with E-state index >= 15 is 0 Å². The van der Waals surface area contributed by atoms with Gasteiger partial charge in [-0.05, 0) is 70.4 Å². The van der Waals surface area contributed by atoms with E-state index in [1.807, 2.05) is 0 Å². The Morgan fingerprint density at radius 2 is 1.94 bits per heavy atom. The van der Waals surface area contributed by atoms with Gasteiger partial charge in [-0.25, -0.2) is 0 Å². The van der Waals surface area contributed by atoms with E-state index in [1.165, 1.54) is 37.1 Å². The summed E-state index contributed by atoms with van der Waals surface area (Å²) in [6.45, 7) is 8.14. The number of rotatable bonds is 4. The van der Waals surface area contributed by atoms with Crippen LogP contribution in [0.15, 0.2) is 24.3 Å². The molecule has 1 aliphatic heterocycles. The van der Waals surface area contributed by atoms with Gasteiger partial charge in [-0.2, -0.15) is 0 Å². The van der Waals surface area contributed by atoms with Gasteiger partial charge in [0, 0.05) is 6.04 Å². The Kier molecular flexibility index (Phi) is 4.79. The number of nitrogens with zero attached hydrogens (tertiary/aromatic N) is 1. The van der Waals surface area contributed by atoms with Crippen LogP contribution in [0.4, 0.5) is 0 Å². The zero-order valence-corrected chi connectivity index (χ0v) is 11.9. The van der Waals surface area contributed by atoms with Gasteiger partial charge < -0.3 is 10.2 Å². The minimum atomic E-state index is 0.464. The molecule has 1 saturated heterocycles. The van der Waals surface area contributed by atoms with Gasteiger partial charge >= 0.3 is 0 Å². The molecule has 0 aromatic heterocycles. The molecule has 1 heterocycles. The molecule has 0 spiro atoms. The molecule has 1 atom stereocenters. The van der Waals surface area contributed by atoms with Gasteiger partial charge in [0.05, 0.1) is 0 Å². The zero-order chi connectivity index (χ0) is 13.0. The average molecular weight is 246 g/mol. The Bertz CT molecular complexity index is 367. The van der Waals surface area contributed by atoms with Crippen molar-refractivity contribution < 1.29 is 0 Å². The molecule has 2 nitrogen and oxygen atoms in total. The molecule has 2 rings (SSSR count). The second-order valence-electron chi connectivity index (χ2n) is 5.73. The summed E-state index contributed by atoms with van der Waals surface area (Å²) in [5, 5.41) is 3.71. The summed E-state index contributed by atoms with van der Waals surface area (Å²) in [6, 6.07) is 9.15. The van der Waals surface area contributed by atoms with E-state index in [9.17, 15) is 0 Å². The molecule has 1 aliphatic rings. The molecule has 100 valence electrons. The third-order valence-electron chi connectivity index (χ3n) is 4.21. The molecule has 1 aromatic rings. The van der Waals surface area contributed by atoms with Crippen LogP contribution in [-0.2, 0) is 0 Å². The van der Waals surface area contributed by atoms with Crippen LogP contribution in [0.5, 0.6) is 0 Å². The van der Waals surface area contributed by atoms with Gasteiger partial charge in [0.2, 0.25) is 0 Å². The second kappa shape index (κ2) is 6.35. The number of hydrogen-bond acceptors (Lipinski definition) is 2. The summed E-state index contributed by atoms with van der Waals surface area (Å²) < 4.78 is 0. The number of nitrogens with one attached hydrogen (secondary N) is 1. The molecule has 1 N–H and O–H groups in total. The predicted molar refractivity (Wildman–Crippen MR) is 77.8 cm³/mol. The largest absolute Gasteiger partial charge is 0.310 e. The molecule has 0 radical (unpaired) electrons. The second-order valence-corrected chi connectivity index (χ2v) is 5.73. The van der Waals surface area contributed by atoms with Gasteiger partial charge in [0.25, 0.3) is 0 Å². The summed E-state index contributed by atoms with van der Waals surface area (Å²) in [5.74, 6) is 0.854. The molecule has 0 saturated carbocycles. The smallest absolute Gasteiger partial charge is 0.0294 e. The minimum absolute atomic E-state index is 0.464. The Morgan fingerprint density at radius 1 is 1.28 bits per heavy atom. The normalized spacial score (nSPS) is 19.9. The van der Waals surface area contributed by atoms with E-state index in [0.29, 0.717) is 6.04 Å². The highest BCUT2D eigenvalue weighted by Gasteiger charge is 2.17. The summed E-state index contributed by atoms with van der Waals surface area (Å²) in [5.41, 5.74) is 2.83. The lowest BCUT2D eigenvalue weighted by Gasteiger charge is -2.30. The molecular formula is C16H26N2. The SMILES string of the molecule is Cc1ccccc1C(C)NCC1CCN(C)CC1. The summed E-state index contributed by atoms with van der Waals surface area (Å²) in [4.78, 5) is 2.43. The predicted octanol–water partition coefficient (Wildman–Crippen LogP) is 2.99. The number of piperidine rings is 1. The maximum Gasteiger partial charge on any atom is 0.0294 e. The van der Waals surface area contributed by atoms with Gasteiger partial charge in [-0.15, -0.1) is 0 Å². The quantitative estimate of drug-likeness (QED) is 0.878. The molecule has 0 bridgehead atoms. The first-order chi connectivity index (χ1) is 8.66. The van der Waals surface area contributed by atoms with Gasteiger partial charge in [0.1, 0.15) is 0 Å². The third-order valence-corrected chi connectivity index (χ3v) is 4.21. The Hall–Kier alpha value is -0.860. The fraction of sp³-hybridized carbons (Fsp3) is 0.625. The molecule has 1 fully saturated rings. The lowest BCUT2D eigenvalue weighted by molar-refractivity contribution is 0.213. The van der Waals surface area contributed by atoms with Crippen molar-refractivity contribution in [3.8, 4) is 0 Å². The van der Waals surface area contributed by atoms with E-state index in [0.717, 1.165) is 12.5 Å². The van der Waals surface area contributed by atoms with Crippen LogP contribution in [0.3, 0.4) is 0 Å². The van der Waals surface area contributed by atoms with E-state index < -0.39 is 0 Å². The van der Waals surface area contributed by atoms with Gasteiger partial charge in [0.15, 0.2) is 0 Å². The van der Waals surface area contributed by atoms with E-state index in [2.05, 4.69) is 55.4 Å². The first-order valence-electron chi connectivity index (χ1n) is 7.14. The highest BCUT2D eigenvalue weighted by atomic mass is 15.1. The molecule has 2 heteroatoms. The number of hydrogen-bond donors (Lipinski definition) is 1. The lowest BCUT2D eigenvalue weighted by atomic mass is 9.96. The zero-order valence-electron chi connectivity index (χ0n) is 11.9. The van der Waals surface area contributed by atoms with Crippen molar-refractivity contribution in [3.05, 3.63) is 35.4 Å². The highest BCUT2D eigenvalue weighted by molar-refractivity contribution is 5.28. The standard InChI is InChI=1S/C16H26N2/c1-13-6-4-5-7-16(13)14(2)17-12-15-8-10-18(3)11-9-15/h4-7,14-15,17H,8-12H2,1-3H3. The topological polar surface area (TPSA) is 15.3 Å². The maximum atomic E-state index is 3.71. The number of aryl methyl sites for hydroxylation is 1. The van der Waals surface area contributed by atoms with Crippen LogP contribution in [0.25, 0.3) is 0 Å². The van der Waals surface area contributed by atoms with Crippen molar-refractivity contribution in [2.75, 3.05) is 26.7 Å². The molecule has 1 aromatic carbocycles. The fourth-order valence-electron chi connectivity index (χ4n) is 2.79. The average Bonchev–Trinajstić information content (AvgIpc) is 2.38. The van der Waals surface area contributed by atoms with Gasteiger partial charge in [-0.1, -0.05) is 24.3 Å². The molecule has 0 amide bonds. The van der Waals surface area contributed by atoms with Crippen LogP contribution in [0.1, 0.15) is 36.9 Å². The first-order valence-corrected chi connectivity index (χ1v) is 7.14. The molecular weight excluding hydrogens is 220 g/mol. The highest BCUT2D eigenvalue weighted by Crippen LogP contribution is 2.19. The summed E-state index contributed by atoms with van der Waals surface area (Å²) in [7, 11) is 2.22. The van der Waals surface area contributed by atoms with Crippen LogP contribution < -0.4 is 5.32 Å². The molecule has 1 unspecified atom stereocenters. The van der Waals surface area contributed by atoms with Crippen LogP contribution in [-0.4, -0.2) is 31.6 Å². The fourth-order valence-corrected chi connectivity index (χ4v) is 2.79. The minimum Gasteiger partial charge on any atom is -0.310 e. The maximum absolute atomic E-state index is 3.71. The van der Waals surface area contributed by atoms with Crippen LogP contribution >= 0.6 is 0 Å². The van der Waals surface area contributed by atoms with Crippen LogP contribution in [0, 0.1) is 12.8 Å². The number of benzene rings is 1. The van der Waals surface area contributed by atoms with E-state index in [1.54, 1.807) is 0 Å². The molecule has 18 heavy (non-hydrogen) atoms. The Balaban J connectivity index is 1.81. The third kappa shape index (κ3) is 3.56. The summed E-state index contributed by atoms with van der Waals surface area (Å²) in [6.07, 6.45) is 2.67. The van der Waals surface area contributed by atoms with Crippen molar-refractivity contribution >= 4 is 0 Å². The monoisotopic (exact) mass is 246 g/mol. The first kappa shape index (κ1) is 13.6. The Morgan fingerprint density at radius 3 is 2.61 bits per heavy atom. The Labute approximate surface area is 111 Å². The van der Waals surface area contributed by atoms with Crippen LogP contribution in [0.2, 0.25) is 0 Å². The van der Waals surface area contributed by atoms with Crippen molar-refractivity contribution in [1.82, 2.24) is 10.2 Å². The molecule has 0 aliphatic carbocycles. The van der Waals surface area contributed by atoms with Crippen molar-refractivity contribution in [2.45, 2.75) is 32.7 Å². The summed E-state index contributed by atoms with van der Waals surface area (Å²) >= 11 is 0. The van der Waals surface area contributed by atoms with Gasteiger partial charge in [-0.3, -0.25) is 0 Å². The van der Waals surface area contributed by atoms with E-state index in [4.69, 9.17) is 0 Å². The van der Waals surface area contributed by atoms with Crippen molar-refractivity contribution in [3.63, 3.8) is 0 Å². The van der Waals surface area contributed by atoms with Crippen molar-refractivity contribution in [2.24, 2.45) is 5.92 Å². The lowest BCUT2D eigenvalue weighted by Crippen LogP contribution is -2.35. The van der Waals surface area contributed by atoms with Crippen molar-refractivity contribution in [1.29, 1.82) is 0 Å².